The predicted molar refractivity (Wildman–Crippen MR) is 82.7 cm³/mol. The van der Waals surface area contributed by atoms with Crippen LogP contribution in [0.1, 0.15) is 30.0 Å². The summed E-state index contributed by atoms with van der Waals surface area (Å²) in [6.45, 7) is 0.803. The number of ether oxygens (including phenoxy) is 2. The number of rotatable bonds is 6. The molecule has 1 unspecified atom stereocenters. The maximum atomic E-state index is 6.24. The average Bonchev–Trinajstić information content (AvgIpc) is 3.26. The molecule has 2 aromatic rings. The van der Waals surface area contributed by atoms with Crippen LogP contribution in [0.25, 0.3) is 0 Å². The van der Waals surface area contributed by atoms with Gasteiger partial charge in [0.15, 0.2) is 11.5 Å². The number of nitrogens with two attached hydrogens (primary N) is 1. The number of hydrogen-bond donors (Lipinski definition) is 1. The van der Waals surface area contributed by atoms with Gasteiger partial charge >= 0.3 is 0 Å². The van der Waals surface area contributed by atoms with Gasteiger partial charge in [0.1, 0.15) is 0 Å². The van der Waals surface area contributed by atoms with E-state index in [-0.39, 0.29) is 6.04 Å². The normalized spacial score (nSPS) is 15.8. The van der Waals surface area contributed by atoms with E-state index in [1.807, 2.05) is 12.1 Å². The van der Waals surface area contributed by atoms with E-state index in [0.29, 0.717) is 5.92 Å². The molecule has 1 heterocycles. The molecule has 4 heteroatoms. The zero-order valence-electron chi connectivity index (χ0n) is 12.6. The van der Waals surface area contributed by atoms with Crippen LogP contribution in [0.15, 0.2) is 36.7 Å². The fourth-order valence-corrected chi connectivity index (χ4v) is 2.67. The lowest BCUT2D eigenvalue weighted by Crippen LogP contribution is -2.11. The van der Waals surface area contributed by atoms with E-state index in [4.69, 9.17) is 15.2 Å². The van der Waals surface area contributed by atoms with E-state index < -0.39 is 0 Å². The van der Waals surface area contributed by atoms with Crippen LogP contribution in [0.5, 0.6) is 11.5 Å². The average molecular weight is 286 g/mol. The molecule has 1 atom stereocenters. The molecule has 1 fully saturated rings. The molecule has 21 heavy (non-hydrogen) atoms. The predicted octanol–water partition coefficient (Wildman–Crippen LogP) is 2.96. The van der Waals surface area contributed by atoms with Crippen molar-refractivity contribution in [3.05, 3.63) is 47.8 Å². The highest BCUT2D eigenvalue weighted by molar-refractivity contribution is 5.43. The SMILES string of the molecule is COc1ccc(Cn2ccc(C(N)C3CC3)c2)cc1OC. The van der Waals surface area contributed by atoms with Gasteiger partial charge in [-0.25, -0.2) is 0 Å². The first-order valence-corrected chi connectivity index (χ1v) is 7.33. The van der Waals surface area contributed by atoms with Gasteiger partial charge in [0.25, 0.3) is 0 Å². The van der Waals surface area contributed by atoms with Gasteiger partial charge in [-0.3, -0.25) is 0 Å². The fourth-order valence-electron chi connectivity index (χ4n) is 2.67. The highest BCUT2D eigenvalue weighted by atomic mass is 16.5. The fraction of sp³-hybridized carbons (Fsp3) is 0.412. The van der Waals surface area contributed by atoms with E-state index in [9.17, 15) is 0 Å². The third-order valence-electron chi connectivity index (χ3n) is 4.10. The maximum absolute atomic E-state index is 6.24. The Hall–Kier alpha value is -1.94. The highest BCUT2D eigenvalue weighted by Crippen LogP contribution is 2.39. The molecule has 1 aromatic carbocycles. The molecule has 0 radical (unpaired) electrons. The molecule has 0 spiro atoms. The molecule has 3 rings (SSSR count). The molecule has 1 saturated carbocycles. The topological polar surface area (TPSA) is 49.4 Å². The van der Waals surface area contributed by atoms with E-state index in [2.05, 4.69) is 29.1 Å². The van der Waals surface area contributed by atoms with Crippen molar-refractivity contribution in [1.82, 2.24) is 4.57 Å². The molecule has 112 valence electrons. The van der Waals surface area contributed by atoms with Crippen molar-refractivity contribution in [2.45, 2.75) is 25.4 Å². The summed E-state index contributed by atoms with van der Waals surface area (Å²) < 4.78 is 12.8. The van der Waals surface area contributed by atoms with E-state index in [1.165, 1.54) is 24.0 Å². The van der Waals surface area contributed by atoms with Crippen molar-refractivity contribution >= 4 is 0 Å². The minimum atomic E-state index is 0.191. The first-order valence-electron chi connectivity index (χ1n) is 7.33. The minimum Gasteiger partial charge on any atom is -0.493 e. The smallest absolute Gasteiger partial charge is 0.161 e. The Morgan fingerprint density at radius 2 is 1.95 bits per heavy atom. The molecule has 1 aliphatic carbocycles. The van der Waals surface area contributed by atoms with Crippen LogP contribution in [-0.4, -0.2) is 18.8 Å². The Balaban J connectivity index is 1.74. The first-order chi connectivity index (χ1) is 10.2. The lowest BCUT2D eigenvalue weighted by Gasteiger charge is -2.10. The van der Waals surface area contributed by atoms with Crippen molar-refractivity contribution in [3.8, 4) is 11.5 Å². The third kappa shape index (κ3) is 3.05. The van der Waals surface area contributed by atoms with E-state index in [0.717, 1.165) is 18.0 Å². The lowest BCUT2D eigenvalue weighted by molar-refractivity contribution is 0.354. The molecule has 2 N–H and O–H groups in total. The van der Waals surface area contributed by atoms with Crippen molar-refractivity contribution in [2.24, 2.45) is 11.7 Å². The largest absolute Gasteiger partial charge is 0.493 e. The molecular formula is C17H22N2O2. The monoisotopic (exact) mass is 286 g/mol. The van der Waals surface area contributed by atoms with Gasteiger partial charge in [0.2, 0.25) is 0 Å². The van der Waals surface area contributed by atoms with Crippen LogP contribution in [0.4, 0.5) is 0 Å². The second-order valence-corrected chi connectivity index (χ2v) is 5.67. The van der Waals surface area contributed by atoms with Crippen LogP contribution >= 0.6 is 0 Å². The second kappa shape index (κ2) is 5.82. The summed E-state index contributed by atoms with van der Waals surface area (Å²) >= 11 is 0. The Labute approximate surface area is 125 Å². The Morgan fingerprint density at radius 1 is 1.19 bits per heavy atom. The number of methoxy groups -OCH3 is 2. The number of aromatic nitrogens is 1. The van der Waals surface area contributed by atoms with E-state index in [1.54, 1.807) is 14.2 Å². The zero-order chi connectivity index (χ0) is 14.8. The highest BCUT2D eigenvalue weighted by Gasteiger charge is 2.29. The standard InChI is InChI=1S/C17H22N2O2/c1-20-15-6-3-12(9-16(15)21-2)10-19-8-7-14(11-19)17(18)13-4-5-13/h3,6-9,11,13,17H,4-5,10,18H2,1-2H3. The summed E-state index contributed by atoms with van der Waals surface area (Å²) in [6, 6.07) is 8.33. The van der Waals surface area contributed by atoms with Gasteiger partial charge < -0.3 is 19.8 Å². The van der Waals surface area contributed by atoms with Gasteiger partial charge in [0.05, 0.1) is 14.2 Å². The van der Waals surface area contributed by atoms with Crippen molar-refractivity contribution in [3.63, 3.8) is 0 Å². The molecule has 1 aromatic heterocycles. The second-order valence-electron chi connectivity index (χ2n) is 5.67. The van der Waals surface area contributed by atoms with Crippen molar-refractivity contribution in [2.75, 3.05) is 14.2 Å². The quantitative estimate of drug-likeness (QED) is 0.888. The van der Waals surface area contributed by atoms with Gasteiger partial charge in [-0.05, 0) is 48.1 Å². The summed E-state index contributed by atoms with van der Waals surface area (Å²) in [5.41, 5.74) is 8.65. The summed E-state index contributed by atoms with van der Waals surface area (Å²) in [6.07, 6.45) is 6.78. The lowest BCUT2D eigenvalue weighted by atomic mass is 10.1. The Kier molecular flexibility index (Phi) is 3.88. The molecule has 0 bridgehead atoms. The van der Waals surface area contributed by atoms with Gasteiger partial charge in [-0.1, -0.05) is 6.07 Å². The summed E-state index contributed by atoms with van der Waals surface area (Å²) in [5.74, 6) is 2.20. The van der Waals surface area contributed by atoms with Crippen LogP contribution in [0.2, 0.25) is 0 Å². The summed E-state index contributed by atoms with van der Waals surface area (Å²) in [5, 5.41) is 0. The number of benzene rings is 1. The Bertz CT molecular complexity index is 617. The van der Waals surface area contributed by atoms with Gasteiger partial charge in [-0.15, -0.1) is 0 Å². The minimum absolute atomic E-state index is 0.191. The molecule has 0 aliphatic heterocycles. The van der Waals surface area contributed by atoms with Crippen LogP contribution in [0.3, 0.4) is 0 Å². The Morgan fingerprint density at radius 3 is 2.62 bits per heavy atom. The summed E-state index contributed by atoms with van der Waals surface area (Å²) in [4.78, 5) is 0. The number of nitrogens with zero attached hydrogens (tertiary/aromatic N) is 1. The molecule has 1 aliphatic rings. The maximum Gasteiger partial charge on any atom is 0.161 e. The zero-order valence-corrected chi connectivity index (χ0v) is 12.6. The van der Waals surface area contributed by atoms with Crippen molar-refractivity contribution < 1.29 is 9.47 Å². The van der Waals surface area contributed by atoms with Crippen molar-refractivity contribution in [1.29, 1.82) is 0 Å². The van der Waals surface area contributed by atoms with Gasteiger partial charge in [0, 0.05) is 25.0 Å². The molecule has 0 saturated heterocycles. The molecule has 4 nitrogen and oxygen atoms in total. The summed E-state index contributed by atoms with van der Waals surface area (Å²) in [7, 11) is 3.30. The third-order valence-corrected chi connectivity index (χ3v) is 4.10. The number of hydrogen-bond acceptors (Lipinski definition) is 3. The van der Waals surface area contributed by atoms with Gasteiger partial charge in [-0.2, -0.15) is 0 Å². The molecule has 0 amide bonds. The van der Waals surface area contributed by atoms with Crippen LogP contribution in [0, 0.1) is 5.92 Å². The first kappa shape index (κ1) is 14.0. The van der Waals surface area contributed by atoms with Crippen LogP contribution in [-0.2, 0) is 6.54 Å². The van der Waals surface area contributed by atoms with Crippen LogP contribution < -0.4 is 15.2 Å². The molecular weight excluding hydrogens is 264 g/mol. The van der Waals surface area contributed by atoms with E-state index >= 15 is 0 Å².